The molecule has 6 atom stereocenters. The highest BCUT2D eigenvalue weighted by Gasteiger charge is 2.62. The maximum atomic E-state index is 14.3. The molecule has 3 fully saturated rings. The van der Waals surface area contributed by atoms with E-state index >= 15 is 0 Å². The van der Waals surface area contributed by atoms with Crippen molar-refractivity contribution in [1.82, 2.24) is 25.4 Å². The molecule has 2 saturated heterocycles. The molecule has 1 aliphatic carbocycles. The molecule has 3 N–H and O–H groups in total. The second kappa shape index (κ2) is 13.5. The Bertz CT molecular complexity index is 1660. The zero-order valence-corrected chi connectivity index (χ0v) is 28.6. The third-order valence-electron chi connectivity index (χ3n) is 9.79. The number of aromatic nitrogens is 1. The second-order valence-electron chi connectivity index (χ2n) is 14.5. The lowest BCUT2D eigenvalue weighted by Gasteiger charge is -2.32. The summed E-state index contributed by atoms with van der Waals surface area (Å²) < 4.78 is 18.9. The number of aliphatic carboxylic acids is 1. The fourth-order valence-corrected chi connectivity index (χ4v) is 8.04. The highest BCUT2D eigenvalue weighted by molar-refractivity contribution is 7.12. The number of hydrogen-bond acceptors (Lipinski definition) is 8. The predicted molar refractivity (Wildman–Crippen MR) is 178 cm³/mol. The summed E-state index contributed by atoms with van der Waals surface area (Å²) in [4.78, 5) is 75.0. The monoisotopic (exact) mass is 695 g/mol. The van der Waals surface area contributed by atoms with Crippen molar-refractivity contribution in [2.75, 3.05) is 19.6 Å². The minimum Gasteiger partial charge on any atom is -0.479 e. The number of carboxylic acids is 1. The van der Waals surface area contributed by atoms with E-state index in [1.807, 2.05) is 12.2 Å². The summed E-state index contributed by atoms with van der Waals surface area (Å²) in [6, 6.07) is 3.82. The first-order valence-corrected chi connectivity index (χ1v) is 17.7. The van der Waals surface area contributed by atoms with Crippen molar-refractivity contribution < 1.29 is 38.2 Å². The summed E-state index contributed by atoms with van der Waals surface area (Å²) in [6.07, 6.45) is 6.64. The van der Waals surface area contributed by atoms with E-state index in [-0.39, 0.29) is 54.6 Å². The number of nitrogens with one attached hydrogen (secondary N) is 2. The highest BCUT2D eigenvalue weighted by atomic mass is 32.1. The number of alkyl carbamates (subject to hydrolysis) is 1. The Morgan fingerprint density at radius 1 is 1.10 bits per heavy atom. The van der Waals surface area contributed by atoms with E-state index < -0.39 is 53.0 Å². The Morgan fingerprint density at radius 3 is 2.57 bits per heavy atom. The number of fused-ring (bicyclic) bond motifs is 4. The van der Waals surface area contributed by atoms with Gasteiger partial charge in [-0.25, -0.2) is 19.0 Å². The molecular formula is C35H42FN5O7S. The van der Waals surface area contributed by atoms with Gasteiger partial charge in [0.05, 0.1) is 5.69 Å². The first-order chi connectivity index (χ1) is 23.3. The van der Waals surface area contributed by atoms with Gasteiger partial charge in [-0.05, 0) is 70.7 Å². The number of halogens is 1. The highest BCUT2D eigenvalue weighted by Crippen LogP contribution is 2.46. The summed E-state index contributed by atoms with van der Waals surface area (Å²) in [5.41, 5.74) is -1.04. The van der Waals surface area contributed by atoms with Gasteiger partial charge in [-0.2, -0.15) is 0 Å². The number of carbonyl (C=O) groups excluding carboxylic acids is 4. The Morgan fingerprint density at radius 2 is 1.86 bits per heavy atom. The van der Waals surface area contributed by atoms with E-state index in [1.54, 1.807) is 43.2 Å². The zero-order chi connectivity index (χ0) is 35.1. The summed E-state index contributed by atoms with van der Waals surface area (Å²) in [5.74, 6) is -3.97. The molecular weight excluding hydrogens is 653 g/mol. The Hall–Kier alpha value is -4.33. The van der Waals surface area contributed by atoms with Gasteiger partial charge in [-0.15, -0.1) is 11.3 Å². The van der Waals surface area contributed by atoms with E-state index in [2.05, 4.69) is 15.6 Å². The second-order valence-corrected chi connectivity index (χ2v) is 15.3. The van der Waals surface area contributed by atoms with Gasteiger partial charge in [0, 0.05) is 48.3 Å². The molecule has 49 heavy (non-hydrogen) atoms. The van der Waals surface area contributed by atoms with Gasteiger partial charge < -0.3 is 30.3 Å². The molecule has 1 aromatic carbocycles. The van der Waals surface area contributed by atoms with Crippen molar-refractivity contribution in [3.63, 3.8) is 0 Å². The number of carbonyl (C=O) groups is 5. The van der Waals surface area contributed by atoms with Crippen LogP contribution in [-0.2, 0) is 19.1 Å². The van der Waals surface area contributed by atoms with Crippen molar-refractivity contribution in [1.29, 1.82) is 0 Å². The molecule has 2 aromatic rings. The molecule has 1 saturated carbocycles. The molecule has 262 valence electrons. The first-order valence-electron chi connectivity index (χ1n) is 16.8. The summed E-state index contributed by atoms with van der Waals surface area (Å²) >= 11 is 1.17. The van der Waals surface area contributed by atoms with Crippen molar-refractivity contribution in [3.05, 3.63) is 52.6 Å². The average Bonchev–Trinajstić information content (AvgIpc) is 3.37. The molecule has 0 radical (unpaired) electrons. The normalized spacial score (nSPS) is 29.4. The lowest BCUT2D eigenvalue weighted by Crippen LogP contribution is -2.58. The van der Waals surface area contributed by atoms with Crippen molar-refractivity contribution in [2.45, 2.75) is 82.5 Å². The van der Waals surface area contributed by atoms with Gasteiger partial charge in [-0.3, -0.25) is 14.4 Å². The zero-order valence-electron chi connectivity index (χ0n) is 27.8. The topological polar surface area (TPSA) is 158 Å². The van der Waals surface area contributed by atoms with Gasteiger partial charge >= 0.3 is 12.1 Å². The molecule has 6 rings (SSSR count). The first kappa shape index (κ1) is 34.5. The smallest absolute Gasteiger partial charge is 0.408 e. The van der Waals surface area contributed by atoms with Crippen LogP contribution in [0, 0.1) is 23.6 Å². The third-order valence-corrected chi connectivity index (χ3v) is 10.6. The van der Waals surface area contributed by atoms with Gasteiger partial charge in [0.2, 0.25) is 11.8 Å². The van der Waals surface area contributed by atoms with Gasteiger partial charge in [-0.1, -0.05) is 25.0 Å². The molecule has 12 nitrogen and oxygen atoms in total. The number of benzene rings is 1. The molecule has 0 bridgehead atoms. The van der Waals surface area contributed by atoms with E-state index in [4.69, 9.17) is 4.74 Å². The fourth-order valence-electron chi connectivity index (χ4n) is 7.25. The maximum Gasteiger partial charge on any atom is 0.408 e. The Kier molecular flexibility index (Phi) is 9.53. The summed E-state index contributed by atoms with van der Waals surface area (Å²) in [7, 11) is 0. The number of likely N-dealkylation sites (tertiary alicyclic amines) is 1. The number of hydrogen-bond donors (Lipinski definition) is 3. The molecule has 14 heteroatoms. The van der Waals surface area contributed by atoms with E-state index in [0.717, 1.165) is 19.3 Å². The maximum absolute atomic E-state index is 14.3. The molecule has 0 unspecified atom stereocenters. The van der Waals surface area contributed by atoms with Crippen molar-refractivity contribution >= 4 is 41.1 Å². The van der Waals surface area contributed by atoms with Crippen LogP contribution in [0.25, 0.3) is 11.3 Å². The van der Waals surface area contributed by atoms with Crippen LogP contribution < -0.4 is 10.6 Å². The summed E-state index contributed by atoms with van der Waals surface area (Å²) in [6.45, 7) is 5.76. The minimum atomic E-state index is -1.47. The molecule has 4 aliphatic rings. The molecule has 4 heterocycles. The number of amides is 4. The van der Waals surface area contributed by atoms with E-state index in [9.17, 15) is 33.5 Å². The molecule has 4 amide bonds. The van der Waals surface area contributed by atoms with Crippen LogP contribution in [0.3, 0.4) is 0 Å². The lowest BCUT2D eigenvalue weighted by atomic mass is 9.93. The number of nitrogens with zero attached hydrogens (tertiary/aromatic N) is 3. The number of allylic oxidation sites excluding steroid dienone is 1. The van der Waals surface area contributed by atoms with Crippen molar-refractivity contribution in [2.24, 2.45) is 17.8 Å². The van der Waals surface area contributed by atoms with Crippen LogP contribution in [-0.4, -0.2) is 92.5 Å². The molecule has 3 aliphatic heterocycles. The van der Waals surface area contributed by atoms with E-state index in [1.165, 1.54) is 28.4 Å². The Balaban J connectivity index is 1.26. The SMILES string of the molecule is CC(C)(C)OC(=O)N[C@@H]1CCCCC/C=C\[C@H]2C[C@@]2(C(=O)O)NC(=O)[C@@H]2[C@H]3CN(C(=O)c4nc(-c5ccc(F)cc5)cs4)C[C@H]3CN2C1=O. The largest absolute Gasteiger partial charge is 0.479 e. The average molecular weight is 696 g/mol. The standard InChI is InChI=1S/C35H42FN5O7S/c1-34(2,3)48-33(47)38-25-10-8-6-4-5-7-9-22-15-35(22,32(45)46)39-28(42)27-24-18-40(16-21(24)17-41(27)30(25)43)31(44)29-37-26(19-49-29)20-11-13-23(36)14-12-20/h7,9,11-14,19,21-22,24-25,27H,4-6,8,10,15-18H2,1-3H3,(H,38,47)(H,39,42)(H,45,46)/b9-7-/t21-,22-,24-,25+,27-,35+/m0/s1. The quantitative estimate of drug-likeness (QED) is 0.402. The van der Waals surface area contributed by atoms with Crippen LogP contribution >= 0.6 is 11.3 Å². The van der Waals surface area contributed by atoms with Gasteiger partial charge in [0.1, 0.15) is 29.0 Å². The van der Waals surface area contributed by atoms with Crippen LogP contribution in [0.15, 0.2) is 41.8 Å². The number of rotatable bonds is 4. The number of ether oxygens (including phenoxy) is 1. The van der Waals surface area contributed by atoms with Crippen molar-refractivity contribution in [3.8, 4) is 11.3 Å². The number of thiazole rings is 1. The predicted octanol–water partition coefficient (Wildman–Crippen LogP) is 4.22. The Labute approximate surface area is 288 Å². The third kappa shape index (κ3) is 7.34. The van der Waals surface area contributed by atoms with Gasteiger partial charge in [0.15, 0.2) is 5.01 Å². The van der Waals surface area contributed by atoms with Crippen LogP contribution in [0.5, 0.6) is 0 Å². The number of carboxylic acid groups (broad SMARTS) is 1. The fraction of sp³-hybridized carbons (Fsp3) is 0.543. The van der Waals surface area contributed by atoms with Gasteiger partial charge in [0.25, 0.3) is 5.91 Å². The van der Waals surface area contributed by atoms with Crippen LogP contribution in [0.4, 0.5) is 9.18 Å². The minimum absolute atomic E-state index is 0.153. The lowest BCUT2D eigenvalue weighted by molar-refractivity contribution is -0.146. The molecule has 1 aromatic heterocycles. The van der Waals surface area contributed by atoms with E-state index in [0.29, 0.717) is 24.1 Å². The van der Waals surface area contributed by atoms with Crippen LogP contribution in [0.1, 0.15) is 69.1 Å². The summed E-state index contributed by atoms with van der Waals surface area (Å²) in [5, 5.41) is 17.7. The van der Waals surface area contributed by atoms with Crippen LogP contribution in [0.2, 0.25) is 0 Å². The molecule has 0 spiro atoms.